The molecule has 0 radical (unpaired) electrons. The molecular formula is C19H20N2O5S. The Morgan fingerprint density at radius 3 is 2.22 bits per heavy atom. The summed E-state index contributed by atoms with van der Waals surface area (Å²) in [6.07, 6.45) is 2.33. The second-order valence-corrected chi connectivity index (χ2v) is 8.02. The molecule has 2 aromatic carbocycles. The Kier molecular flexibility index (Phi) is 5.46. The molecule has 0 unspecified atom stereocenters. The van der Waals surface area contributed by atoms with E-state index in [1.807, 2.05) is 0 Å². The lowest BCUT2D eigenvalue weighted by atomic mass is 10.1. The first-order chi connectivity index (χ1) is 12.9. The molecular weight excluding hydrogens is 368 g/mol. The highest BCUT2D eigenvalue weighted by atomic mass is 32.2. The summed E-state index contributed by atoms with van der Waals surface area (Å²) in [7, 11) is -2.53. The van der Waals surface area contributed by atoms with Crippen molar-refractivity contribution in [3.63, 3.8) is 0 Å². The summed E-state index contributed by atoms with van der Waals surface area (Å²) >= 11 is 0. The van der Waals surface area contributed by atoms with Gasteiger partial charge in [-0.3, -0.25) is 9.52 Å². The van der Waals surface area contributed by atoms with E-state index in [0.29, 0.717) is 11.7 Å². The van der Waals surface area contributed by atoms with E-state index in [2.05, 4.69) is 14.8 Å². The Bertz CT molecular complexity index is 933. The van der Waals surface area contributed by atoms with Crippen molar-refractivity contribution in [2.75, 3.05) is 11.8 Å². The number of rotatable bonds is 7. The van der Waals surface area contributed by atoms with E-state index in [1.54, 1.807) is 24.3 Å². The summed E-state index contributed by atoms with van der Waals surface area (Å²) in [5, 5.41) is 2.91. The molecule has 2 aromatic rings. The number of benzene rings is 2. The van der Waals surface area contributed by atoms with Crippen LogP contribution in [0.3, 0.4) is 0 Å². The van der Waals surface area contributed by atoms with Crippen molar-refractivity contribution in [3.8, 4) is 0 Å². The second kappa shape index (κ2) is 7.79. The highest BCUT2D eigenvalue weighted by molar-refractivity contribution is 7.92. The Hall–Kier alpha value is -2.87. The van der Waals surface area contributed by atoms with Crippen molar-refractivity contribution in [1.29, 1.82) is 0 Å². The van der Waals surface area contributed by atoms with Gasteiger partial charge in [-0.25, -0.2) is 13.2 Å². The molecule has 2 N–H and O–H groups in total. The Balaban J connectivity index is 1.64. The number of esters is 1. The molecule has 0 aliphatic heterocycles. The van der Waals surface area contributed by atoms with Crippen LogP contribution in [0.25, 0.3) is 0 Å². The first-order valence-corrected chi connectivity index (χ1v) is 9.95. The minimum Gasteiger partial charge on any atom is -0.465 e. The lowest BCUT2D eigenvalue weighted by molar-refractivity contribution is -0.120. The number of ether oxygens (including phenoxy) is 1. The number of carbonyl (C=O) groups is 2. The highest BCUT2D eigenvalue weighted by Crippen LogP contribution is 2.20. The summed E-state index contributed by atoms with van der Waals surface area (Å²) in [5.74, 6) is -0.565. The molecule has 1 amide bonds. The lowest BCUT2D eigenvalue weighted by Gasteiger charge is -2.09. The average molecular weight is 388 g/mol. The van der Waals surface area contributed by atoms with Crippen LogP contribution in [0.4, 0.5) is 5.69 Å². The van der Waals surface area contributed by atoms with Gasteiger partial charge in [0.05, 0.1) is 24.0 Å². The maximum atomic E-state index is 12.5. The molecule has 0 saturated heterocycles. The minimum absolute atomic E-state index is 0.0306. The summed E-state index contributed by atoms with van der Waals surface area (Å²) in [6.45, 7) is 0. The molecule has 1 fully saturated rings. The van der Waals surface area contributed by atoms with Crippen molar-refractivity contribution in [1.82, 2.24) is 5.32 Å². The van der Waals surface area contributed by atoms with Crippen molar-refractivity contribution in [3.05, 3.63) is 59.7 Å². The maximum absolute atomic E-state index is 12.5. The third-order valence-electron chi connectivity index (χ3n) is 4.10. The van der Waals surface area contributed by atoms with Crippen molar-refractivity contribution in [2.45, 2.75) is 30.2 Å². The number of nitrogens with one attached hydrogen (secondary N) is 2. The normalized spacial score (nSPS) is 13.7. The van der Waals surface area contributed by atoms with Gasteiger partial charge >= 0.3 is 5.97 Å². The molecule has 0 bridgehead atoms. The predicted octanol–water partition coefficient (Wildman–Crippen LogP) is 2.10. The number of hydrogen-bond donors (Lipinski definition) is 2. The highest BCUT2D eigenvalue weighted by Gasteiger charge is 2.23. The first-order valence-electron chi connectivity index (χ1n) is 8.47. The monoisotopic (exact) mass is 388 g/mol. The third-order valence-corrected chi connectivity index (χ3v) is 5.50. The zero-order valence-electron chi connectivity index (χ0n) is 14.8. The van der Waals surface area contributed by atoms with Gasteiger partial charge in [0, 0.05) is 11.7 Å². The van der Waals surface area contributed by atoms with Gasteiger partial charge in [0.15, 0.2) is 0 Å². The molecule has 0 heterocycles. The van der Waals surface area contributed by atoms with Crippen LogP contribution < -0.4 is 10.0 Å². The minimum atomic E-state index is -3.79. The number of sulfonamides is 1. The smallest absolute Gasteiger partial charge is 0.337 e. The van der Waals surface area contributed by atoms with Gasteiger partial charge in [0.2, 0.25) is 5.91 Å². The third kappa shape index (κ3) is 5.07. The summed E-state index contributed by atoms with van der Waals surface area (Å²) in [5.41, 5.74) is 1.46. The summed E-state index contributed by atoms with van der Waals surface area (Å²) in [4.78, 5) is 23.3. The van der Waals surface area contributed by atoms with Crippen LogP contribution >= 0.6 is 0 Å². The predicted molar refractivity (Wildman–Crippen MR) is 99.9 cm³/mol. The standard InChI is InChI=1S/C19H20N2O5S/c1-26-19(23)14-4-10-17(11-5-14)27(24,25)21-16-6-2-13(3-7-16)12-18(22)20-15-8-9-15/h2-7,10-11,15,21H,8-9,12H2,1H3,(H,20,22). The molecule has 0 aromatic heterocycles. The molecule has 8 heteroatoms. The Labute approximate surface area is 157 Å². The van der Waals surface area contributed by atoms with Gasteiger partial charge in [-0.1, -0.05) is 12.1 Å². The maximum Gasteiger partial charge on any atom is 0.337 e. The largest absolute Gasteiger partial charge is 0.465 e. The SMILES string of the molecule is COC(=O)c1ccc(S(=O)(=O)Nc2ccc(CC(=O)NC3CC3)cc2)cc1. The van der Waals surface area contributed by atoms with E-state index in [9.17, 15) is 18.0 Å². The zero-order chi connectivity index (χ0) is 19.4. The van der Waals surface area contributed by atoms with Crippen LogP contribution in [-0.2, 0) is 26.0 Å². The van der Waals surface area contributed by atoms with Crippen LogP contribution in [-0.4, -0.2) is 33.4 Å². The quantitative estimate of drug-likeness (QED) is 0.707. The van der Waals surface area contributed by atoms with Crippen molar-refractivity contribution < 1.29 is 22.7 Å². The van der Waals surface area contributed by atoms with Crippen LogP contribution in [0.1, 0.15) is 28.8 Å². The van der Waals surface area contributed by atoms with Gasteiger partial charge in [-0.05, 0) is 54.8 Å². The van der Waals surface area contributed by atoms with Gasteiger partial charge in [0.25, 0.3) is 10.0 Å². The van der Waals surface area contributed by atoms with Crippen LogP contribution in [0, 0.1) is 0 Å². The molecule has 1 aliphatic rings. The van der Waals surface area contributed by atoms with E-state index in [4.69, 9.17) is 0 Å². The molecule has 3 rings (SSSR count). The van der Waals surface area contributed by atoms with E-state index < -0.39 is 16.0 Å². The summed E-state index contributed by atoms with van der Waals surface area (Å²) < 4.78 is 32.0. The second-order valence-electron chi connectivity index (χ2n) is 6.34. The summed E-state index contributed by atoms with van der Waals surface area (Å²) in [6, 6.07) is 12.4. The van der Waals surface area contributed by atoms with Crippen molar-refractivity contribution >= 4 is 27.6 Å². The average Bonchev–Trinajstić information content (AvgIpc) is 3.46. The van der Waals surface area contributed by atoms with E-state index in [1.165, 1.54) is 31.4 Å². The number of amides is 1. The fourth-order valence-electron chi connectivity index (χ4n) is 2.48. The van der Waals surface area contributed by atoms with Gasteiger partial charge in [-0.15, -0.1) is 0 Å². The van der Waals surface area contributed by atoms with Crippen LogP contribution in [0.2, 0.25) is 0 Å². The van der Waals surface area contributed by atoms with Gasteiger partial charge in [-0.2, -0.15) is 0 Å². The fraction of sp³-hybridized carbons (Fsp3) is 0.263. The van der Waals surface area contributed by atoms with Gasteiger partial charge in [0.1, 0.15) is 0 Å². The van der Waals surface area contributed by atoms with E-state index >= 15 is 0 Å². The molecule has 7 nitrogen and oxygen atoms in total. The number of hydrogen-bond acceptors (Lipinski definition) is 5. The molecule has 1 aliphatic carbocycles. The Morgan fingerprint density at radius 1 is 1.04 bits per heavy atom. The zero-order valence-corrected chi connectivity index (χ0v) is 15.6. The molecule has 142 valence electrons. The van der Waals surface area contributed by atoms with E-state index in [0.717, 1.165) is 18.4 Å². The molecule has 0 atom stereocenters. The lowest BCUT2D eigenvalue weighted by Crippen LogP contribution is -2.26. The topological polar surface area (TPSA) is 102 Å². The van der Waals surface area contributed by atoms with Crippen LogP contribution in [0.5, 0.6) is 0 Å². The number of carbonyl (C=O) groups excluding carboxylic acids is 2. The molecule has 1 saturated carbocycles. The van der Waals surface area contributed by atoms with E-state index in [-0.39, 0.29) is 22.8 Å². The number of anilines is 1. The van der Waals surface area contributed by atoms with Crippen molar-refractivity contribution in [2.24, 2.45) is 0 Å². The first kappa shape index (κ1) is 18.9. The molecule has 0 spiro atoms. The number of methoxy groups -OCH3 is 1. The fourth-order valence-corrected chi connectivity index (χ4v) is 3.54. The van der Waals surface area contributed by atoms with Crippen LogP contribution in [0.15, 0.2) is 53.4 Å². The Morgan fingerprint density at radius 2 is 1.67 bits per heavy atom. The van der Waals surface area contributed by atoms with Gasteiger partial charge < -0.3 is 10.1 Å². The molecule has 27 heavy (non-hydrogen) atoms.